The molecule has 92 valence electrons. The average molecular weight is 244 g/mol. The first-order valence-corrected chi connectivity index (χ1v) is 6.12. The van der Waals surface area contributed by atoms with Gasteiger partial charge in [0.15, 0.2) is 0 Å². The molecule has 0 aliphatic carbocycles. The Kier molecular flexibility index (Phi) is 4.02. The summed E-state index contributed by atoms with van der Waals surface area (Å²) in [7, 11) is 0. The molecule has 1 aromatic rings. The molecule has 0 saturated heterocycles. The minimum absolute atomic E-state index is 0.0834. The van der Waals surface area contributed by atoms with Crippen molar-refractivity contribution in [1.82, 2.24) is 9.78 Å². The van der Waals surface area contributed by atoms with Gasteiger partial charge in [0.25, 0.3) is 0 Å². The van der Waals surface area contributed by atoms with E-state index in [1.807, 2.05) is 11.6 Å². The fraction of sp³-hybridized carbons (Fsp3) is 0.750. The third kappa shape index (κ3) is 2.77. The van der Waals surface area contributed by atoms with E-state index in [0.29, 0.717) is 0 Å². The highest BCUT2D eigenvalue weighted by atomic mass is 35.5. The van der Waals surface area contributed by atoms with Crippen LogP contribution in [-0.4, -0.2) is 15.8 Å². The molecule has 16 heavy (non-hydrogen) atoms. The lowest BCUT2D eigenvalue weighted by Gasteiger charge is -2.27. The Morgan fingerprint density at radius 2 is 2.00 bits per heavy atom. The van der Waals surface area contributed by atoms with E-state index in [4.69, 9.17) is 17.3 Å². The summed E-state index contributed by atoms with van der Waals surface area (Å²) in [6.45, 7) is 11.3. The molecule has 4 heteroatoms. The smallest absolute Gasteiger partial charge is 0.0847 e. The van der Waals surface area contributed by atoms with Gasteiger partial charge in [0.05, 0.1) is 16.4 Å². The minimum atomic E-state index is 0.0834. The van der Waals surface area contributed by atoms with Crippen LogP contribution in [0, 0.1) is 12.3 Å². The number of hydrogen-bond acceptors (Lipinski definition) is 2. The molecular weight excluding hydrogens is 222 g/mol. The Bertz CT molecular complexity index is 363. The summed E-state index contributed by atoms with van der Waals surface area (Å²) in [5.41, 5.74) is 8.22. The minimum Gasteiger partial charge on any atom is -0.327 e. The van der Waals surface area contributed by atoms with Gasteiger partial charge >= 0.3 is 0 Å². The van der Waals surface area contributed by atoms with Gasteiger partial charge in [-0.25, -0.2) is 0 Å². The molecule has 1 atom stereocenters. The number of halogens is 1. The third-order valence-electron chi connectivity index (χ3n) is 2.98. The van der Waals surface area contributed by atoms with Crippen molar-refractivity contribution >= 4 is 11.6 Å². The van der Waals surface area contributed by atoms with Gasteiger partial charge < -0.3 is 5.73 Å². The van der Waals surface area contributed by atoms with E-state index in [-0.39, 0.29) is 11.5 Å². The fourth-order valence-electron chi connectivity index (χ4n) is 1.58. The monoisotopic (exact) mass is 243 g/mol. The van der Waals surface area contributed by atoms with Crippen LogP contribution in [0.1, 0.15) is 39.1 Å². The van der Waals surface area contributed by atoms with Crippen LogP contribution in [0.2, 0.25) is 5.02 Å². The lowest BCUT2D eigenvalue weighted by atomic mass is 9.85. The fourth-order valence-corrected chi connectivity index (χ4v) is 1.79. The number of aromatic nitrogens is 2. The van der Waals surface area contributed by atoms with E-state index in [0.717, 1.165) is 29.4 Å². The Labute approximate surface area is 103 Å². The molecule has 0 aliphatic rings. The quantitative estimate of drug-likeness (QED) is 0.887. The molecule has 0 aromatic carbocycles. The molecule has 0 amide bonds. The van der Waals surface area contributed by atoms with Crippen LogP contribution in [0.15, 0.2) is 0 Å². The Hall–Kier alpha value is -0.540. The van der Waals surface area contributed by atoms with E-state index in [1.54, 1.807) is 0 Å². The van der Waals surface area contributed by atoms with Crippen molar-refractivity contribution in [3.05, 3.63) is 16.4 Å². The maximum atomic E-state index is 6.25. The molecule has 1 rings (SSSR count). The van der Waals surface area contributed by atoms with Gasteiger partial charge in [-0.1, -0.05) is 32.4 Å². The van der Waals surface area contributed by atoms with Gasteiger partial charge in [0, 0.05) is 19.0 Å². The van der Waals surface area contributed by atoms with E-state index < -0.39 is 0 Å². The van der Waals surface area contributed by atoms with Crippen LogP contribution in [0.5, 0.6) is 0 Å². The van der Waals surface area contributed by atoms with Gasteiger partial charge in [0.1, 0.15) is 0 Å². The van der Waals surface area contributed by atoms with Crippen LogP contribution in [0.4, 0.5) is 0 Å². The summed E-state index contributed by atoms with van der Waals surface area (Å²) >= 11 is 6.25. The van der Waals surface area contributed by atoms with Gasteiger partial charge in [-0.2, -0.15) is 5.10 Å². The molecule has 0 bridgehead atoms. The molecule has 0 radical (unpaired) electrons. The van der Waals surface area contributed by atoms with Crippen LogP contribution >= 0.6 is 11.6 Å². The predicted molar refractivity (Wildman–Crippen MR) is 68.8 cm³/mol. The molecule has 2 N–H and O–H groups in total. The molecule has 1 unspecified atom stereocenters. The summed E-state index contributed by atoms with van der Waals surface area (Å²) in [6.07, 6.45) is 0.775. The first kappa shape index (κ1) is 13.5. The van der Waals surface area contributed by atoms with Gasteiger partial charge in [-0.3, -0.25) is 4.68 Å². The second-order valence-electron chi connectivity index (χ2n) is 5.34. The number of hydrogen-bond donors (Lipinski definition) is 1. The van der Waals surface area contributed by atoms with Crippen LogP contribution in [0.3, 0.4) is 0 Å². The maximum absolute atomic E-state index is 6.25. The van der Waals surface area contributed by atoms with Crippen molar-refractivity contribution in [3.63, 3.8) is 0 Å². The summed E-state index contributed by atoms with van der Waals surface area (Å²) in [5.74, 6) is 0. The highest BCUT2D eigenvalue weighted by Crippen LogP contribution is 2.26. The lowest BCUT2D eigenvalue weighted by Crippen LogP contribution is -2.37. The largest absolute Gasteiger partial charge is 0.327 e. The van der Waals surface area contributed by atoms with Crippen LogP contribution < -0.4 is 5.73 Å². The SMILES string of the molecule is CCn1nc(C)c(Cl)c1CC(N)C(C)(C)C. The van der Waals surface area contributed by atoms with Crippen LogP contribution in [0.25, 0.3) is 0 Å². The average Bonchev–Trinajstić information content (AvgIpc) is 2.44. The molecule has 3 nitrogen and oxygen atoms in total. The van der Waals surface area contributed by atoms with Gasteiger partial charge in [-0.15, -0.1) is 0 Å². The van der Waals surface area contributed by atoms with Crippen molar-refractivity contribution in [2.75, 3.05) is 0 Å². The summed E-state index contributed by atoms with van der Waals surface area (Å²) in [4.78, 5) is 0. The first-order chi connectivity index (χ1) is 7.27. The lowest BCUT2D eigenvalue weighted by molar-refractivity contribution is 0.313. The highest BCUT2D eigenvalue weighted by molar-refractivity contribution is 6.31. The predicted octanol–water partition coefficient (Wildman–Crippen LogP) is 2.78. The van der Waals surface area contributed by atoms with Crippen molar-refractivity contribution in [1.29, 1.82) is 0 Å². The third-order valence-corrected chi connectivity index (χ3v) is 3.47. The van der Waals surface area contributed by atoms with Crippen molar-refractivity contribution in [3.8, 4) is 0 Å². The van der Waals surface area contributed by atoms with Crippen molar-refractivity contribution < 1.29 is 0 Å². The highest BCUT2D eigenvalue weighted by Gasteiger charge is 2.24. The molecule has 1 heterocycles. The molecule has 0 aliphatic heterocycles. The second kappa shape index (κ2) is 4.76. The zero-order valence-corrected chi connectivity index (χ0v) is 11.6. The standard InChI is InChI=1S/C12H22ClN3/c1-6-16-9(11(13)8(2)15-16)7-10(14)12(3,4)5/h10H,6-7,14H2,1-5H3. The van der Waals surface area contributed by atoms with Crippen LogP contribution in [-0.2, 0) is 13.0 Å². The van der Waals surface area contributed by atoms with Crippen molar-refractivity contribution in [2.24, 2.45) is 11.1 Å². The molecule has 0 spiro atoms. The molecular formula is C12H22ClN3. The Morgan fingerprint density at radius 3 is 2.44 bits per heavy atom. The molecule has 0 fully saturated rings. The summed E-state index contributed by atoms with van der Waals surface area (Å²) in [5, 5.41) is 5.16. The topological polar surface area (TPSA) is 43.8 Å². The molecule has 1 aromatic heterocycles. The zero-order valence-electron chi connectivity index (χ0n) is 10.8. The zero-order chi connectivity index (χ0) is 12.5. The summed E-state index contributed by atoms with van der Waals surface area (Å²) < 4.78 is 1.95. The Balaban J connectivity index is 2.96. The van der Waals surface area contributed by atoms with Gasteiger partial charge in [0.2, 0.25) is 0 Å². The van der Waals surface area contributed by atoms with E-state index >= 15 is 0 Å². The number of nitrogens with two attached hydrogens (primary N) is 1. The first-order valence-electron chi connectivity index (χ1n) is 5.74. The van der Waals surface area contributed by atoms with Crippen molar-refractivity contribution in [2.45, 2.75) is 53.6 Å². The normalized spacial score (nSPS) is 14.2. The number of rotatable bonds is 3. The number of nitrogens with zero attached hydrogens (tertiary/aromatic N) is 2. The Morgan fingerprint density at radius 1 is 1.44 bits per heavy atom. The van der Waals surface area contributed by atoms with E-state index in [2.05, 4.69) is 32.8 Å². The van der Waals surface area contributed by atoms with E-state index in [9.17, 15) is 0 Å². The van der Waals surface area contributed by atoms with E-state index in [1.165, 1.54) is 0 Å². The maximum Gasteiger partial charge on any atom is 0.0847 e. The second-order valence-corrected chi connectivity index (χ2v) is 5.72. The summed E-state index contributed by atoms with van der Waals surface area (Å²) in [6, 6.07) is 0.0893. The number of aryl methyl sites for hydroxylation is 2. The molecule has 0 saturated carbocycles. The van der Waals surface area contributed by atoms with Gasteiger partial charge in [-0.05, 0) is 19.3 Å².